The first-order valence-electron chi connectivity index (χ1n) is 8.24. The van der Waals surface area contributed by atoms with Gasteiger partial charge in [0.2, 0.25) is 5.91 Å². The fourth-order valence-electron chi connectivity index (χ4n) is 2.92. The summed E-state index contributed by atoms with van der Waals surface area (Å²) in [5, 5.41) is 4.28. The molecule has 1 aromatic heterocycles. The molecule has 2 atom stereocenters. The van der Waals surface area contributed by atoms with E-state index in [-0.39, 0.29) is 12.0 Å². The van der Waals surface area contributed by atoms with Crippen LogP contribution in [0.25, 0.3) is 0 Å². The molecule has 0 bridgehead atoms. The molecular weight excluding hydrogens is 304 g/mol. The molecule has 6 nitrogen and oxygen atoms in total. The summed E-state index contributed by atoms with van der Waals surface area (Å²) < 4.78 is 7.63. The maximum absolute atomic E-state index is 12.7. The van der Waals surface area contributed by atoms with E-state index >= 15 is 0 Å². The van der Waals surface area contributed by atoms with Crippen LogP contribution in [-0.2, 0) is 16.1 Å². The number of morpholine rings is 1. The Morgan fingerprint density at radius 3 is 2.75 bits per heavy atom. The molecule has 2 heterocycles. The molecule has 0 spiro atoms. The Labute approximate surface area is 142 Å². The third kappa shape index (κ3) is 3.83. The van der Waals surface area contributed by atoms with Gasteiger partial charge in [-0.3, -0.25) is 9.48 Å². The number of carbonyl (C=O) groups is 1. The van der Waals surface area contributed by atoms with E-state index in [1.165, 1.54) is 0 Å². The minimum absolute atomic E-state index is 0.0520. The van der Waals surface area contributed by atoms with Crippen molar-refractivity contribution in [3.63, 3.8) is 0 Å². The lowest BCUT2D eigenvalue weighted by molar-refractivity contribution is -0.140. The van der Waals surface area contributed by atoms with Gasteiger partial charge in [-0.1, -0.05) is 29.8 Å². The van der Waals surface area contributed by atoms with Crippen LogP contribution in [0, 0.1) is 13.8 Å². The molecule has 2 unspecified atom stereocenters. The smallest absolute Gasteiger partial charge is 0.244 e. The second kappa shape index (κ2) is 7.15. The van der Waals surface area contributed by atoms with Crippen LogP contribution >= 0.6 is 0 Å². The van der Waals surface area contributed by atoms with Gasteiger partial charge in [0.1, 0.15) is 6.04 Å². The first-order chi connectivity index (χ1) is 11.5. The summed E-state index contributed by atoms with van der Waals surface area (Å²) >= 11 is 0. The fourth-order valence-corrected chi connectivity index (χ4v) is 2.92. The molecule has 6 heteroatoms. The van der Waals surface area contributed by atoms with Gasteiger partial charge in [0.25, 0.3) is 0 Å². The van der Waals surface area contributed by atoms with Crippen molar-refractivity contribution < 1.29 is 9.53 Å². The van der Waals surface area contributed by atoms with Crippen LogP contribution in [0.5, 0.6) is 0 Å². The standard InChI is InChI=1S/C18H24N4O2/c1-13-3-5-15(6-4-13)17(19)18(23)21-7-8-24-16(11-21)12-22-10-14(2)9-20-22/h3-6,9-10,16-17H,7-8,11-12,19H2,1-2H3. The van der Waals surface area contributed by atoms with Crippen molar-refractivity contribution in [3.05, 3.63) is 53.3 Å². The number of nitrogens with zero attached hydrogens (tertiary/aromatic N) is 3. The first-order valence-corrected chi connectivity index (χ1v) is 8.24. The number of hydrogen-bond acceptors (Lipinski definition) is 4. The summed E-state index contributed by atoms with van der Waals surface area (Å²) in [4.78, 5) is 14.5. The number of nitrogens with two attached hydrogens (primary N) is 1. The molecule has 24 heavy (non-hydrogen) atoms. The topological polar surface area (TPSA) is 73.4 Å². The number of aromatic nitrogens is 2. The van der Waals surface area contributed by atoms with Gasteiger partial charge >= 0.3 is 0 Å². The Morgan fingerprint density at radius 1 is 1.33 bits per heavy atom. The van der Waals surface area contributed by atoms with E-state index in [1.54, 1.807) is 4.90 Å². The summed E-state index contributed by atoms with van der Waals surface area (Å²) in [6, 6.07) is 7.16. The van der Waals surface area contributed by atoms with E-state index in [0.717, 1.165) is 16.7 Å². The van der Waals surface area contributed by atoms with Gasteiger partial charge in [-0.15, -0.1) is 0 Å². The molecule has 1 fully saturated rings. The van der Waals surface area contributed by atoms with Crippen molar-refractivity contribution in [2.24, 2.45) is 5.73 Å². The molecule has 1 saturated heterocycles. The second-order valence-corrected chi connectivity index (χ2v) is 6.41. The minimum atomic E-state index is -0.628. The predicted molar refractivity (Wildman–Crippen MR) is 91.4 cm³/mol. The van der Waals surface area contributed by atoms with Crippen LogP contribution in [0.15, 0.2) is 36.7 Å². The minimum Gasteiger partial charge on any atom is -0.373 e. The molecule has 0 radical (unpaired) electrons. The number of hydrogen-bond donors (Lipinski definition) is 1. The predicted octanol–water partition coefficient (Wildman–Crippen LogP) is 1.43. The van der Waals surface area contributed by atoms with Crippen molar-refractivity contribution >= 4 is 5.91 Å². The molecule has 2 N–H and O–H groups in total. The number of rotatable bonds is 4. The van der Waals surface area contributed by atoms with Crippen LogP contribution in [-0.4, -0.2) is 46.4 Å². The fraction of sp³-hybridized carbons (Fsp3) is 0.444. The monoisotopic (exact) mass is 328 g/mol. The highest BCUT2D eigenvalue weighted by molar-refractivity contribution is 5.83. The van der Waals surface area contributed by atoms with Gasteiger partial charge in [-0.2, -0.15) is 5.10 Å². The van der Waals surface area contributed by atoms with Crippen LogP contribution in [0.4, 0.5) is 0 Å². The largest absolute Gasteiger partial charge is 0.373 e. The molecule has 3 rings (SSSR count). The second-order valence-electron chi connectivity index (χ2n) is 6.41. The van der Waals surface area contributed by atoms with Crippen molar-refractivity contribution in [1.29, 1.82) is 0 Å². The van der Waals surface area contributed by atoms with Gasteiger partial charge in [-0.25, -0.2) is 0 Å². The Hall–Kier alpha value is -2.18. The maximum Gasteiger partial charge on any atom is 0.244 e. The lowest BCUT2D eigenvalue weighted by atomic mass is 10.0. The van der Waals surface area contributed by atoms with Gasteiger partial charge < -0.3 is 15.4 Å². The van der Waals surface area contributed by atoms with E-state index in [1.807, 2.05) is 55.2 Å². The van der Waals surface area contributed by atoms with E-state index in [9.17, 15) is 4.79 Å². The highest BCUT2D eigenvalue weighted by atomic mass is 16.5. The first kappa shape index (κ1) is 16.7. The van der Waals surface area contributed by atoms with E-state index in [0.29, 0.717) is 26.2 Å². The third-order valence-electron chi connectivity index (χ3n) is 4.31. The number of amides is 1. The summed E-state index contributed by atoms with van der Waals surface area (Å²) in [5.41, 5.74) is 9.28. The van der Waals surface area contributed by atoms with Crippen molar-refractivity contribution in [2.45, 2.75) is 32.5 Å². The number of carbonyl (C=O) groups excluding carboxylic acids is 1. The molecule has 2 aromatic rings. The number of benzene rings is 1. The average Bonchev–Trinajstić information content (AvgIpc) is 2.99. The van der Waals surface area contributed by atoms with Gasteiger partial charge in [-0.05, 0) is 25.0 Å². The van der Waals surface area contributed by atoms with E-state index in [2.05, 4.69) is 5.10 Å². The van der Waals surface area contributed by atoms with E-state index in [4.69, 9.17) is 10.5 Å². The van der Waals surface area contributed by atoms with Crippen LogP contribution in [0.2, 0.25) is 0 Å². The van der Waals surface area contributed by atoms with E-state index < -0.39 is 6.04 Å². The summed E-state index contributed by atoms with van der Waals surface area (Å²) in [5.74, 6) is -0.0520. The molecule has 1 aliphatic rings. The summed E-state index contributed by atoms with van der Waals surface area (Å²) in [6.45, 7) is 6.29. The van der Waals surface area contributed by atoms with Crippen molar-refractivity contribution in [1.82, 2.24) is 14.7 Å². The summed E-state index contributed by atoms with van der Waals surface area (Å²) in [7, 11) is 0. The molecule has 0 aliphatic carbocycles. The van der Waals surface area contributed by atoms with Crippen molar-refractivity contribution in [3.8, 4) is 0 Å². The third-order valence-corrected chi connectivity index (χ3v) is 4.31. The van der Waals surface area contributed by atoms with Crippen LogP contribution in [0.1, 0.15) is 22.7 Å². The van der Waals surface area contributed by atoms with Crippen LogP contribution in [0.3, 0.4) is 0 Å². The van der Waals surface area contributed by atoms with Crippen LogP contribution < -0.4 is 5.73 Å². The zero-order valence-electron chi connectivity index (χ0n) is 14.2. The Kier molecular flexibility index (Phi) is 4.97. The highest BCUT2D eigenvalue weighted by Gasteiger charge is 2.28. The van der Waals surface area contributed by atoms with Gasteiger partial charge in [0.15, 0.2) is 0 Å². The average molecular weight is 328 g/mol. The Balaban J connectivity index is 1.63. The van der Waals surface area contributed by atoms with Gasteiger partial charge in [0, 0.05) is 19.3 Å². The molecule has 1 amide bonds. The Morgan fingerprint density at radius 2 is 2.08 bits per heavy atom. The quantitative estimate of drug-likeness (QED) is 0.921. The number of ether oxygens (including phenoxy) is 1. The zero-order chi connectivity index (χ0) is 17.1. The zero-order valence-corrected chi connectivity index (χ0v) is 14.2. The molecule has 1 aliphatic heterocycles. The number of aryl methyl sites for hydroxylation is 2. The van der Waals surface area contributed by atoms with Gasteiger partial charge in [0.05, 0.1) is 25.5 Å². The van der Waals surface area contributed by atoms with Crippen molar-refractivity contribution in [2.75, 3.05) is 19.7 Å². The summed E-state index contributed by atoms with van der Waals surface area (Å²) in [6.07, 6.45) is 3.73. The lowest BCUT2D eigenvalue weighted by Gasteiger charge is -2.34. The molecule has 0 saturated carbocycles. The highest BCUT2D eigenvalue weighted by Crippen LogP contribution is 2.17. The SMILES string of the molecule is Cc1ccc(C(N)C(=O)N2CCOC(Cn3cc(C)cn3)C2)cc1. The Bertz CT molecular complexity index is 695. The maximum atomic E-state index is 12.7. The molecule has 1 aromatic carbocycles. The molecular formula is C18H24N4O2. The lowest BCUT2D eigenvalue weighted by Crippen LogP contribution is -2.49. The molecule has 128 valence electrons. The normalized spacial score (nSPS) is 19.3.